The van der Waals surface area contributed by atoms with Crippen molar-refractivity contribution in [3.05, 3.63) is 64.5 Å². The summed E-state index contributed by atoms with van der Waals surface area (Å²) in [6.07, 6.45) is 0.543. The Labute approximate surface area is 156 Å². The fourth-order valence-electron chi connectivity index (χ4n) is 3.04. The van der Waals surface area contributed by atoms with Gasteiger partial charge in [0.15, 0.2) is 0 Å². The van der Waals surface area contributed by atoms with Crippen molar-refractivity contribution in [2.75, 3.05) is 6.54 Å². The van der Waals surface area contributed by atoms with Crippen molar-refractivity contribution in [3.63, 3.8) is 0 Å². The first-order chi connectivity index (χ1) is 13.0. The van der Waals surface area contributed by atoms with Crippen LogP contribution in [0, 0.1) is 5.82 Å². The Morgan fingerprint density at radius 2 is 2.00 bits per heavy atom. The van der Waals surface area contributed by atoms with Crippen molar-refractivity contribution >= 4 is 24.5 Å². The number of ether oxygens (including phenoxy) is 1. The Balaban J connectivity index is 1.58. The van der Waals surface area contributed by atoms with Crippen LogP contribution < -0.4 is 10.8 Å². The van der Waals surface area contributed by atoms with E-state index < -0.39 is 19.0 Å². The summed E-state index contributed by atoms with van der Waals surface area (Å²) in [4.78, 5) is 24.3. The van der Waals surface area contributed by atoms with Crippen LogP contribution in [-0.2, 0) is 33.8 Å². The predicted octanol–water partition coefficient (Wildman–Crippen LogP) is 1.08. The minimum Gasteiger partial charge on any atom is -0.460 e. The van der Waals surface area contributed by atoms with Gasteiger partial charge in [-0.2, -0.15) is 0 Å². The van der Waals surface area contributed by atoms with Gasteiger partial charge in [0.25, 0.3) is 5.91 Å². The summed E-state index contributed by atoms with van der Waals surface area (Å²) >= 11 is 0. The summed E-state index contributed by atoms with van der Waals surface area (Å²) in [6, 6.07) is 9.01. The van der Waals surface area contributed by atoms with Crippen LogP contribution in [0.5, 0.6) is 0 Å². The standard InChI is InChI=1S/C19H19BFNO5/c1-2-15-16(8-5-13-11-27-20(25)18(13)15)19(24)22-9-17(23)26-10-12-3-6-14(21)7-4-12/h3-8,25H,2,9-11H2,1H3,(H,22,24). The summed E-state index contributed by atoms with van der Waals surface area (Å²) < 4.78 is 23.1. The van der Waals surface area contributed by atoms with Crippen molar-refractivity contribution in [1.82, 2.24) is 5.32 Å². The number of benzene rings is 2. The van der Waals surface area contributed by atoms with Gasteiger partial charge in [-0.3, -0.25) is 9.59 Å². The van der Waals surface area contributed by atoms with Crippen LogP contribution in [0.2, 0.25) is 0 Å². The van der Waals surface area contributed by atoms with E-state index in [9.17, 15) is 19.0 Å². The molecule has 1 aliphatic rings. The average molecular weight is 371 g/mol. The number of rotatable bonds is 6. The van der Waals surface area contributed by atoms with E-state index in [0.717, 1.165) is 5.56 Å². The molecular formula is C19H19BFNO5. The Morgan fingerprint density at radius 1 is 1.26 bits per heavy atom. The summed E-state index contributed by atoms with van der Waals surface area (Å²) in [5.74, 6) is -1.39. The fraction of sp³-hybridized carbons (Fsp3) is 0.263. The minimum absolute atomic E-state index is 0.00241. The van der Waals surface area contributed by atoms with Gasteiger partial charge in [0.05, 0.1) is 6.61 Å². The second-order valence-electron chi connectivity index (χ2n) is 6.15. The second-order valence-corrected chi connectivity index (χ2v) is 6.15. The Bertz CT molecular complexity index is 856. The maximum atomic E-state index is 12.8. The molecule has 0 atom stereocenters. The number of hydrogen-bond acceptors (Lipinski definition) is 5. The van der Waals surface area contributed by atoms with E-state index >= 15 is 0 Å². The van der Waals surface area contributed by atoms with E-state index in [-0.39, 0.29) is 19.0 Å². The lowest BCUT2D eigenvalue weighted by atomic mass is 9.74. The largest absolute Gasteiger partial charge is 0.492 e. The summed E-state index contributed by atoms with van der Waals surface area (Å²) in [6.45, 7) is 1.90. The minimum atomic E-state index is -1.04. The molecule has 0 saturated heterocycles. The lowest BCUT2D eigenvalue weighted by molar-refractivity contribution is -0.143. The van der Waals surface area contributed by atoms with Crippen LogP contribution >= 0.6 is 0 Å². The van der Waals surface area contributed by atoms with E-state index in [0.29, 0.717) is 35.2 Å². The van der Waals surface area contributed by atoms with Gasteiger partial charge in [-0.1, -0.05) is 25.1 Å². The molecule has 8 heteroatoms. The molecule has 1 aliphatic heterocycles. The molecule has 0 radical (unpaired) electrons. The van der Waals surface area contributed by atoms with Crippen molar-refractivity contribution in [2.24, 2.45) is 0 Å². The van der Waals surface area contributed by atoms with Gasteiger partial charge in [0, 0.05) is 5.56 Å². The topological polar surface area (TPSA) is 84.9 Å². The smallest absolute Gasteiger partial charge is 0.460 e. The van der Waals surface area contributed by atoms with Crippen LogP contribution in [0.3, 0.4) is 0 Å². The van der Waals surface area contributed by atoms with Gasteiger partial charge in [0.2, 0.25) is 0 Å². The van der Waals surface area contributed by atoms with Gasteiger partial charge >= 0.3 is 13.1 Å². The molecule has 0 bridgehead atoms. The monoisotopic (exact) mass is 371 g/mol. The van der Waals surface area contributed by atoms with E-state index in [1.807, 2.05) is 6.92 Å². The second kappa shape index (κ2) is 8.32. The third-order valence-electron chi connectivity index (χ3n) is 4.40. The molecule has 1 heterocycles. The number of carbonyl (C=O) groups is 2. The maximum Gasteiger partial charge on any atom is 0.492 e. The van der Waals surface area contributed by atoms with Crippen LogP contribution in [0.4, 0.5) is 4.39 Å². The third-order valence-corrected chi connectivity index (χ3v) is 4.40. The molecule has 6 nitrogen and oxygen atoms in total. The summed E-state index contributed by atoms with van der Waals surface area (Å²) in [5, 5.41) is 12.5. The third kappa shape index (κ3) is 4.35. The number of hydrogen-bond donors (Lipinski definition) is 2. The van der Waals surface area contributed by atoms with Gasteiger partial charge in [0.1, 0.15) is 19.0 Å². The molecule has 2 aromatic rings. The molecule has 2 aromatic carbocycles. The van der Waals surface area contributed by atoms with E-state index in [1.54, 1.807) is 12.1 Å². The SMILES string of the molecule is CCc1c(C(=O)NCC(=O)OCc2ccc(F)cc2)ccc2c1B(O)OC2. The molecule has 0 fully saturated rings. The Hall–Kier alpha value is -2.71. The molecule has 1 amide bonds. The number of nitrogens with one attached hydrogen (secondary N) is 1. The first-order valence-corrected chi connectivity index (χ1v) is 8.62. The van der Waals surface area contributed by atoms with Gasteiger partial charge in [-0.05, 0) is 46.8 Å². The predicted molar refractivity (Wildman–Crippen MR) is 96.7 cm³/mol. The summed E-state index contributed by atoms with van der Waals surface area (Å²) in [5.41, 5.74) is 3.23. The highest BCUT2D eigenvalue weighted by molar-refractivity contribution is 6.62. The molecule has 140 valence electrons. The molecular weight excluding hydrogens is 352 g/mol. The zero-order chi connectivity index (χ0) is 19.4. The van der Waals surface area contributed by atoms with Gasteiger partial charge in [-0.25, -0.2) is 4.39 Å². The Morgan fingerprint density at radius 3 is 2.70 bits per heavy atom. The number of esters is 1. The molecule has 0 aliphatic carbocycles. The number of carbonyl (C=O) groups excluding carboxylic acids is 2. The normalized spacial score (nSPS) is 12.6. The molecule has 27 heavy (non-hydrogen) atoms. The molecule has 3 rings (SSSR count). The fourth-order valence-corrected chi connectivity index (χ4v) is 3.04. The van der Waals surface area contributed by atoms with Crippen LogP contribution in [0.1, 0.15) is 34.0 Å². The van der Waals surface area contributed by atoms with E-state index in [2.05, 4.69) is 5.32 Å². The molecule has 2 N–H and O–H groups in total. The molecule has 0 unspecified atom stereocenters. The van der Waals surface area contributed by atoms with Gasteiger partial charge in [-0.15, -0.1) is 0 Å². The number of fused-ring (bicyclic) bond motifs is 1. The Kier molecular flexibility index (Phi) is 5.88. The zero-order valence-electron chi connectivity index (χ0n) is 14.8. The van der Waals surface area contributed by atoms with Crippen LogP contribution in [0.15, 0.2) is 36.4 Å². The summed E-state index contributed by atoms with van der Waals surface area (Å²) in [7, 11) is -1.04. The van der Waals surface area contributed by atoms with Crippen LogP contribution in [0.25, 0.3) is 0 Å². The average Bonchev–Trinajstić information content (AvgIpc) is 3.06. The van der Waals surface area contributed by atoms with E-state index in [4.69, 9.17) is 9.39 Å². The molecule has 0 saturated carbocycles. The lowest BCUT2D eigenvalue weighted by Crippen LogP contribution is -2.36. The van der Waals surface area contributed by atoms with Crippen molar-refractivity contribution in [3.8, 4) is 0 Å². The number of halogens is 1. The van der Waals surface area contributed by atoms with Gasteiger partial charge < -0.3 is 19.7 Å². The number of amides is 1. The maximum absolute atomic E-state index is 12.8. The highest BCUT2D eigenvalue weighted by atomic mass is 19.1. The quantitative estimate of drug-likeness (QED) is 0.587. The lowest BCUT2D eigenvalue weighted by Gasteiger charge is -2.13. The molecule has 0 spiro atoms. The first kappa shape index (κ1) is 19.1. The van der Waals surface area contributed by atoms with Crippen molar-refractivity contribution in [2.45, 2.75) is 26.6 Å². The van der Waals surface area contributed by atoms with Crippen molar-refractivity contribution in [1.29, 1.82) is 0 Å². The van der Waals surface area contributed by atoms with Crippen LogP contribution in [-0.4, -0.2) is 30.6 Å². The van der Waals surface area contributed by atoms with Crippen molar-refractivity contribution < 1.29 is 28.4 Å². The highest BCUT2D eigenvalue weighted by Gasteiger charge is 2.32. The van der Waals surface area contributed by atoms with E-state index in [1.165, 1.54) is 24.3 Å². The molecule has 0 aromatic heterocycles. The first-order valence-electron chi connectivity index (χ1n) is 8.62. The zero-order valence-corrected chi connectivity index (χ0v) is 14.8. The highest BCUT2D eigenvalue weighted by Crippen LogP contribution is 2.17.